The first-order valence-electron chi connectivity index (χ1n) is 7.87. The van der Waals surface area contributed by atoms with Crippen molar-refractivity contribution in [2.75, 3.05) is 6.61 Å². The second-order valence-electron chi connectivity index (χ2n) is 7.73. The van der Waals surface area contributed by atoms with Gasteiger partial charge in [0, 0.05) is 6.04 Å². The van der Waals surface area contributed by atoms with Crippen LogP contribution in [0.25, 0.3) is 0 Å². The Morgan fingerprint density at radius 1 is 1.16 bits per heavy atom. The number of ether oxygens (including phenoxy) is 1. The van der Waals surface area contributed by atoms with Crippen molar-refractivity contribution in [1.29, 1.82) is 0 Å². The highest BCUT2D eigenvalue weighted by molar-refractivity contribution is 5.77. The molecule has 3 rings (SSSR count). The molecule has 0 spiro atoms. The maximum atomic E-state index is 12.0. The van der Waals surface area contributed by atoms with E-state index in [0.29, 0.717) is 6.04 Å². The Morgan fingerprint density at radius 2 is 1.89 bits per heavy atom. The fraction of sp³-hybridized carbons (Fsp3) is 0.938. The molecule has 1 N–H and O–H groups in total. The van der Waals surface area contributed by atoms with Gasteiger partial charge >= 0.3 is 0 Å². The van der Waals surface area contributed by atoms with Crippen LogP contribution in [0.1, 0.15) is 52.9 Å². The lowest BCUT2D eigenvalue weighted by Crippen LogP contribution is -2.44. The number of carbonyl (C=O) groups is 1. The molecule has 0 aromatic carbocycles. The van der Waals surface area contributed by atoms with Crippen molar-refractivity contribution in [3.63, 3.8) is 0 Å². The van der Waals surface area contributed by atoms with Crippen molar-refractivity contribution < 1.29 is 9.53 Å². The highest BCUT2D eigenvalue weighted by Crippen LogP contribution is 2.58. The van der Waals surface area contributed by atoms with Crippen LogP contribution >= 0.6 is 0 Å². The van der Waals surface area contributed by atoms with Gasteiger partial charge in [-0.15, -0.1) is 0 Å². The van der Waals surface area contributed by atoms with Crippen molar-refractivity contribution in [2.45, 2.75) is 64.5 Å². The van der Waals surface area contributed by atoms with Gasteiger partial charge in [-0.2, -0.15) is 0 Å². The maximum absolute atomic E-state index is 12.0. The third-order valence-electron chi connectivity index (χ3n) is 5.41. The van der Waals surface area contributed by atoms with Crippen LogP contribution < -0.4 is 5.32 Å². The van der Waals surface area contributed by atoms with E-state index in [4.69, 9.17) is 4.74 Å². The molecule has 0 heterocycles. The fourth-order valence-corrected chi connectivity index (χ4v) is 4.76. The van der Waals surface area contributed by atoms with Crippen LogP contribution in [-0.4, -0.2) is 24.2 Å². The highest BCUT2D eigenvalue weighted by atomic mass is 16.5. The molecule has 2 bridgehead atoms. The SMILES string of the molecule is CC(C)(C)OCC(=O)NC1CC2CC1C1CCCC21. The Labute approximate surface area is 116 Å². The highest BCUT2D eigenvalue weighted by Gasteiger charge is 2.53. The number of carbonyl (C=O) groups excluding carboxylic acids is 1. The predicted molar refractivity (Wildman–Crippen MR) is 74.7 cm³/mol. The lowest BCUT2D eigenvalue weighted by Gasteiger charge is -2.32. The zero-order valence-electron chi connectivity index (χ0n) is 12.4. The van der Waals surface area contributed by atoms with Crippen molar-refractivity contribution >= 4 is 5.91 Å². The largest absolute Gasteiger partial charge is 0.366 e. The van der Waals surface area contributed by atoms with Crippen molar-refractivity contribution in [3.8, 4) is 0 Å². The summed E-state index contributed by atoms with van der Waals surface area (Å²) < 4.78 is 5.56. The van der Waals surface area contributed by atoms with Crippen molar-refractivity contribution in [2.24, 2.45) is 23.7 Å². The molecule has 0 saturated heterocycles. The van der Waals surface area contributed by atoms with Gasteiger partial charge in [0.25, 0.3) is 0 Å². The van der Waals surface area contributed by atoms with Gasteiger partial charge in [-0.05, 0) is 70.1 Å². The molecule has 19 heavy (non-hydrogen) atoms. The molecule has 3 saturated carbocycles. The van der Waals surface area contributed by atoms with Gasteiger partial charge in [0.1, 0.15) is 6.61 Å². The lowest BCUT2D eigenvalue weighted by molar-refractivity contribution is -0.131. The first-order valence-corrected chi connectivity index (χ1v) is 7.87. The molecule has 108 valence electrons. The number of hydrogen-bond acceptors (Lipinski definition) is 2. The standard InChI is InChI=1S/C16H27NO2/c1-16(2,3)19-9-15(18)17-14-8-10-7-13(14)12-6-4-5-11(10)12/h10-14H,4-9H2,1-3H3,(H,17,18). The predicted octanol–water partition coefficient (Wildman–Crippen LogP) is 2.74. The molecule has 1 amide bonds. The quantitative estimate of drug-likeness (QED) is 0.852. The summed E-state index contributed by atoms with van der Waals surface area (Å²) in [6.07, 6.45) is 6.83. The van der Waals surface area contributed by atoms with Gasteiger partial charge < -0.3 is 10.1 Å². The van der Waals surface area contributed by atoms with E-state index in [9.17, 15) is 4.79 Å². The van der Waals surface area contributed by atoms with E-state index in [1.807, 2.05) is 20.8 Å². The second-order valence-corrected chi connectivity index (χ2v) is 7.73. The summed E-state index contributed by atoms with van der Waals surface area (Å²) in [5.41, 5.74) is -0.234. The second kappa shape index (κ2) is 4.76. The molecule has 3 aliphatic rings. The lowest BCUT2D eigenvalue weighted by atomic mass is 9.79. The third kappa shape index (κ3) is 2.67. The Bertz CT molecular complexity index is 360. The van der Waals surface area contributed by atoms with E-state index in [0.717, 1.165) is 23.7 Å². The van der Waals surface area contributed by atoms with Gasteiger partial charge in [-0.25, -0.2) is 0 Å². The normalized spacial score (nSPS) is 40.5. The topological polar surface area (TPSA) is 38.3 Å². The van der Waals surface area contributed by atoms with Gasteiger partial charge in [-0.3, -0.25) is 4.79 Å². The van der Waals surface area contributed by atoms with Gasteiger partial charge in [0.05, 0.1) is 5.60 Å². The van der Waals surface area contributed by atoms with Crippen LogP contribution in [0.5, 0.6) is 0 Å². The Kier molecular flexibility index (Phi) is 3.36. The number of amides is 1. The van der Waals surface area contributed by atoms with Crippen LogP contribution in [0.2, 0.25) is 0 Å². The molecule has 0 aromatic rings. The minimum atomic E-state index is -0.234. The third-order valence-corrected chi connectivity index (χ3v) is 5.41. The first-order chi connectivity index (χ1) is 8.94. The zero-order chi connectivity index (χ0) is 13.6. The minimum Gasteiger partial charge on any atom is -0.366 e. The minimum absolute atomic E-state index is 0.0713. The van der Waals surface area contributed by atoms with Crippen LogP contribution in [-0.2, 0) is 9.53 Å². The Balaban J connectivity index is 1.51. The molecule has 0 aliphatic heterocycles. The van der Waals surface area contributed by atoms with Crippen LogP contribution in [0.3, 0.4) is 0 Å². The monoisotopic (exact) mass is 265 g/mol. The zero-order valence-corrected chi connectivity index (χ0v) is 12.4. The fourth-order valence-electron chi connectivity index (χ4n) is 4.76. The summed E-state index contributed by atoms with van der Waals surface area (Å²) in [5, 5.41) is 3.23. The summed E-state index contributed by atoms with van der Waals surface area (Å²) in [5.74, 6) is 3.63. The van der Waals surface area contributed by atoms with E-state index < -0.39 is 0 Å². The summed E-state index contributed by atoms with van der Waals surface area (Å²) in [4.78, 5) is 12.0. The van der Waals surface area contributed by atoms with E-state index >= 15 is 0 Å². The Morgan fingerprint density at radius 3 is 2.63 bits per heavy atom. The average molecular weight is 265 g/mol. The van der Waals surface area contributed by atoms with Crippen LogP contribution in [0.15, 0.2) is 0 Å². The molecule has 3 nitrogen and oxygen atoms in total. The summed E-state index contributed by atoms with van der Waals surface area (Å²) in [7, 11) is 0. The van der Waals surface area contributed by atoms with E-state index in [1.54, 1.807) is 0 Å². The molecule has 3 heteroatoms. The van der Waals surface area contributed by atoms with Crippen LogP contribution in [0.4, 0.5) is 0 Å². The average Bonchev–Trinajstić information content (AvgIpc) is 2.96. The molecule has 5 atom stereocenters. The molecule has 0 radical (unpaired) electrons. The summed E-state index contributed by atoms with van der Waals surface area (Å²) in [6.45, 7) is 6.16. The summed E-state index contributed by atoms with van der Waals surface area (Å²) >= 11 is 0. The Hall–Kier alpha value is -0.570. The first kappa shape index (κ1) is 13.4. The van der Waals surface area contributed by atoms with Crippen molar-refractivity contribution in [1.82, 2.24) is 5.32 Å². The molecular formula is C16H27NO2. The number of rotatable bonds is 3. The van der Waals surface area contributed by atoms with Gasteiger partial charge in [0.2, 0.25) is 5.91 Å². The molecule has 0 aromatic heterocycles. The smallest absolute Gasteiger partial charge is 0.246 e. The van der Waals surface area contributed by atoms with E-state index in [1.165, 1.54) is 32.1 Å². The molecule has 3 aliphatic carbocycles. The molecule has 3 fully saturated rings. The van der Waals surface area contributed by atoms with Crippen LogP contribution in [0, 0.1) is 23.7 Å². The molecular weight excluding hydrogens is 238 g/mol. The van der Waals surface area contributed by atoms with Gasteiger partial charge in [0.15, 0.2) is 0 Å². The number of nitrogens with one attached hydrogen (secondary N) is 1. The number of fused-ring (bicyclic) bond motifs is 5. The number of hydrogen-bond donors (Lipinski definition) is 1. The van der Waals surface area contributed by atoms with E-state index in [2.05, 4.69) is 5.32 Å². The van der Waals surface area contributed by atoms with Crippen molar-refractivity contribution in [3.05, 3.63) is 0 Å². The molecule has 5 unspecified atom stereocenters. The van der Waals surface area contributed by atoms with Gasteiger partial charge in [-0.1, -0.05) is 6.42 Å². The maximum Gasteiger partial charge on any atom is 0.246 e. The van der Waals surface area contributed by atoms with E-state index in [-0.39, 0.29) is 18.1 Å². The summed E-state index contributed by atoms with van der Waals surface area (Å²) in [6, 6.07) is 0.431.